The Morgan fingerprint density at radius 3 is 2.49 bits per heavy atom. The molecule has 0 radical (unpaired) electrons. The lowest BCUT2D eigenvalue weighted by Crippen LogP contribution is -2.25. The minimum Gasteiger partial charge on any atom is -0.493 e. The summed E-state index contributed by atoms with van der Waals surface area (Å²) >= 11 is 6.92. The Labute approximate surface area is 232 Å². The van der Waals surface area contributed by atoms with Crippen LogP contribution >= 0.6 is 31.9 Å². The van der Waals surface area contributed by atoms with Crippen LogP contribution in [-0.4, -0.2) is 23.0 Å². The van der Waals surface area contributed by atoms with Crippen LogP contribution in [0, 0.1) is 0 Å². The van der Waals surface area contributed by atoms with Gasteiger partial charge in [-0.05, 0) is 72.5 Å². The van der Waals surface area contributed by atoms with Crippen molar-refractivity contribution in [2.45, 2.75) is 44.6 Å². The molecule has 0 unspecified atom stereocenters. The smallest absolute Gasteiger partial charge is 0.282 e. The van der Waals surface area contributed by atoms with Gasteiger partial charge in [-0.2, -0.15) is 9.78 Å². The number of hydrogen-bond acceptors (Lipinski definition) is 5. The SMILES string of the molecule is COc1cc(C=Nn2c(C3CCCCC3)nc3ccc(Br)cc3c2=O)ccc1OCc1ccc(Br)cc1. The van der Waals surface area contributed by atoms with E-state index in [4.69, 9.17) is 14.5 Å². The largest absolute Gasteiger partial charge is 0.493 e. The average Bonchev–Trinajstić information content (AvgIpc) is 2.93. The van der Waals surface area contributed by atoms with Gasteiger partial charge in [0.15, 0.2) is 11.5 Å². The van der Waals surface area contributed by atoms with Gasteiger partial charge in [0.05, 0.1) is 24.2 Å². The van der Waals surface area contributed by atoms with Crippen molar-refractivity contribution in [3.05, 3.63) is 96.9 Å². The van der Waals surface area contributed by atoms with Crippen LogP contribution in [-0.2, 0) is 6.61 Å². The second-order valence-electron chi connectivity index (χ2n) is 9.15. The summed E-state index contributed by atoms with van der Waals surface area (Å²) in [5.41, 5.74) is 2.39. The van der Waals surface area contributed by atoms with Crippen molar-refractivity contribution in [1.29, 1.82) is 0 Å². The van der Waals surface area contributed by atoms with Gasteiger partial charge in [0.25, 0.3) is 5.56 Å². The molecule has 6 nitrogen and oxygen atoms in total. The Balaban J connectivity index is 1.45. The van der Waals surface area contributed by atoms with Crippen molar-refractivity contribution in [1.82, 2.24) is 9.66 Å². The fourth-order valence-corrected chi connectivity index (χ4v) is 5.28. The molecule has 0 spiro atoms. The summed E-state index contributed by atoms with van der Waals surface area (Å²) in [5, 5.41) is 5.18. The van der Waals surface area contributed by atoms with Crippen LogP contribution in [0.2, 0.25) is 0 Å². The summed E-state index contributed by atoms with van der Waals surface area (Å²) in [4.78, 5) is 18.4. The maximum absolute atomic E-state index is 13.5. The Morgan fingerprint density at radius 2 is 1.73 bits per heavy atom. The molecule has 1 heterocycles. The zero-order valence-electron chi connectivity index (χ0n) is 20.5. The van der Waals surface area contributed by atoms with Gasteiger partial charge in [0.2, 0.25) is 0 Å². The number of fused-ring (bicyclic) bond motifs is 1. The molecule has 1 aromatic heterocycles. The number of rotatable bonds is 7. The van der Waals surface area contributed by atoms with Gasteiger partial charge in [0.1, 0.15) is 12.4 Å². The number of halogens is 2. The van der Waals surface area contributed by atoms with Crippen LogP contribution in [0.15, 0.2) is 79.5 Å². The van der Waals surface area contributed by atoms with Crippen molar-refractivity contribution >= 4 is 49.0 Å². The summed E-state index contributed by atoms with van der Waals surface area (Å²) in [7, 11) is 1.61. The third-order valence-electron chi connectivity index (χ3n) is 6.62. The van der Waals surface area contributed by atoms with E-state index < -0.39 is 0 Å². The molecule has 0 N–H and O–H groups in total. The lowest BCUT2D eigenvalue weighted by molar-refractivity contribution is 0.284. The van der Waals surface area contributed by atoms with Crippen molar-refractivity contribution < 1.29 is 9.47 Å². The van der Waals surface area contributed by atoms with Crippen LogP contribution in [0.1, 0.15) is 55.0 Å². The Bertz CT molecular complexity index is 1490. The van der Waals surface area contributed by atoms with Crippen molar-refractivity contribution in [3.63, 3.8) is 0 Å². The number of aromatic nitrogens is 2. The summed E-state index contributed by atoms with van der Waals surface area (Å²) in [5.74, 6) is 2.19. The highest BCUT2D eigenvalue weighted by atomic mass is 79.9. The normalized spacial score (nSPS) is 14.4. The monoisotopic (exact) mass is 623 g/mol. The predicted molar refractivity (Wildman–Crippen MR) is 154 cm³/mol. The first-order valence-corrected chi connectivity index (χ1v) is 13.9. The molecule has 1 aliphatic rings. The molecule has 1 fully saturated rings. The lowest BCUT2D eigenvalue weighted by atomic mass is 9.88. The van der Waals surface area contributed by atoms with Crippen LogP contribution in [0.25, 0.3) is 10.9 Å². The van der Waals surface area contributed by atoms with Gasteiger partial charge in [-0.1, -0.05) is 63.3 Å². The van der Waals surface area contributed by atoms with E-state index in [1.807, 2.05) is 60.7 Å². The van der Waals surface area contributed by atoms with Crippen LogP contribution in [0.4, 0.5) is 0 Å². The number of ether oxygens (including phenoxy) is 2. The molecule has 1 aliphatic carbocycles. The topological polar surface area (TPSA) is 65.7 Å². The summed E-state index contributed by atoms with van der Waals surface area (Å²) < 4.78 is 14.9. The quantitative estimate of drug-likeness (QED) is 0.200. The highest BCUT2D eigenvalue weighted by molar-refractivity contribution is 9.10. The number of methoxy groups -OCH3 is 1. The van der Waals surface area contributed by atoms with Crippen LogP contribution in [0.5, 0.6) is 11.5 Å². The molecular weight excluding hydrogens is 598 g/mol. The molecule has 0 bridgehead atoms. The van der Waals surface area contributed by atoms with Crippen molar-refractivity contribution in [2.24, 2.45) is 5.10 Å². The van der Waals surface area contributed by atoms with Gasteiger partial charge < -0.3 is 9.47 Å². The molecule has 8 heteroatoms. The van der Waals surface area contributed by atoms with E-state index in [-0.39, 0.29) is 11.5 Å². The van der Waals surface area contributed by atoms with E-state index in [0.29, 0.717) is 29.0 Å². The maximum Gasteiger partial charge on any atom is 0.282 e. The second kappa shape index (κ2) is 11.6. The van der Waals surface area contributed by atoms with E-state index in [0.717, 1.165) is 51.6 Å². The first kappa shape index (κ1) is 25.7. The molecule has 0 aliphatic heterocycles. The maximum atomic E-state index is 13.5. The molecule has 0 saturated heterocycles. The molecule has 190 valence electrons. The highest BCUT2D eigenvalue weighted by Gasteiger charge is 2.22. The molecular formula is C29H27Br2N3O3. The molecule has 3 aromatic carbocycles. The summed E-state index contributed by atoms with van der Waals surface area (Å²) in [6.07, 6.45) is 7.22. The number of nitrogens with zero attached hydrogens (tertiary/aromatic N) is 3. The zero-order chi connectivity index (χ0) is 25.8. The minimum absolute atomic E-state index is 0.162. The predicted octanol–water partition coefficient (Wildman–Crippen LogP) is 7.44. The van der Waals surface area contributed by atoms with E-state index >= 15 is 0 Å². The van der Waals surface area contributed by atoms with Gasteiger partial charge in [0, 0.05) is 14.9 Å². The first-order chi connectivity index (χ1) is 18.0. The molecule has 5 rings (SSSR count). The third-order valence-corrected chi connectivity index (χ3v) is 7.64. The zero-order valence-corrected chi connectivity index (χ0v) is 23.7. The van der Waals surface area contributed by atoms with E-state index in [1.54, 1.807) is 13.3 Å². The molecule has 1 saturated carbocycles. The second-order valence-corrected chi connectivity index (χ2v) is 11.0. The van der Waals surface area contributed by atoms with E-state index in [2.05, 4.69) is 37.0 Å². The third kappa shape index (κ3) is 5.96. The average molecular weight is 625 g/mol. The summed E-state index contributed by atoms with van der Waals surface area (Å²) in [6, 6.07) is 19.2. The molecule has 37 heavy (non-hydrogen) atoms. The first-order valence-electron chi connectivity index (χ1n) is 12.3. The molecule has 4 aromatic rings. The van der Waals surface area contributed by atoms with Crippen LogP contribution in [0.3, 0.4) is 0 Å². The van der Waals surface area contributed by atoms with Crippen LogP contribution < -0.4 is 15.0 Å². The minimum atomic E-state index is -0.162. The van der Waals surface area contributed by atoms with Crippen molar-refractivity contribution in [2.75, 3.05) is 7.11 Å². The van der Waals surface area contributed by atoms with Gasteiger partial charge in [-0.3, -0.25) is 4.79 Å². The number of benzene rings is 3. The molecule has 0 atom stereocenters. The van der Waals surface area contributed by atoms with Crippen molar-refractivity contribution in [3.8, 4) is 11.5 Å². The van der Waals surface area contributed by atoms with Gasteiger partial charge >= 0.3 is 0 Å². The van der Waals surface area contributed by atoms with E-state index in [1.165, 1.54) is 11.1 Å². The Hall–Kier alpha value is -2.97. The highest BCUT2D eigenvalue weighted by Crippen LogP contribution is 2.32. The standard InChI is InChI=1S/C29H27Br2N3O3/c1-36-27-15-20(9-14-26(27)37-18-19-7-10-22(30)11-8-19)17-32-34-28(21-5-3-2-4-6-21)33-25-13-12-23(31)16-24(25)29(34)35/h7-17,21H,2-6,18H2,1H3. The van der Waals surface area contributed by atoms with E-state index in [9.17, 15) is 4.79 Å². The fourth-order valence-electron chi connectivity index (χ4n) is 4.65. The Morgan fingerprint density at radius 1 is 0.973 bits per heavy atom. The lowest BCUT2D eigenvalue weighted by Gasteiger charge is -2.22. The fraction of sp³-hybridized carbons (Fsp3) is 0.276. The number of hydrogen-bond donors (Lipinski definition) is 0. The van der Waals surface area contributed by atoms with Gasteiger partial charge in [-0.15, -0.1) is 0 Å². The van der Waals surface area contributed by atoms with Gasteiger partial charge in [-0.25, -0.2) is 4.98 Å². The molecule has 0 amide bonds. The summed E-state index contributed by atoms with van der Waals surface area (Å²) in [6.45, 7) is 0.426. The Kier molecular flexibility index (Phi) is 8.05.